The second-order valence-corrected chi connectivity index (χ2v) is 4.56. The van der Waals surface area contributed by atoms with Gasteiger partial charge in [0.05, 0.1) is 5.71 Å². The van der Waals surface area contributed by atoms with Crippen LogP contribution in [0, 0.1) is 6.92 Å². The van der Waals surface area contributed by atoms with Crippen LogP contribution >= 0.6 is 0 Å². The van der Waals surface area contributed by atoms with Crippen molar-refractivity contribution in [3.05, 3.63) is 35.4 Å². The van der Waals surface area contributed by atoms with E-state index in [1.54, 1.807) is 0 Å². The monoisotopic (exact) mass is 275 g/mol. The molecule has 0 aromatic heterocycles. The van der Waals surface area contributed by atoms with Gasteiger partial charge in [0.25, 0.3) is 5.91 Å². The molecular weight excluding hydrogens is 260 g/mol. The molecule has 0 saturated carbocycles. The third-order valence-electron chi connectivity index (χ3n) is 3.05. The molecule has 6 heteroatoms. The molecule has 1 atom stereocenters. The van der Waals surface area contributed by atoms with Gasteiger partial charge in [-0.25, -0.2) is 0 Å². The summed E-state index contributed by atoms with van der Waals surface area (Å²) in [7, 11) is 0. The molecular formula is C14H15N2O4-. The molecule has 0 bridgehead atoms. The smallest absolute Gasteiger partial charge is 0.264 e. The molecule has 1 amide bonds. The molecule has 2 rings (SSSR count). The highest BCUT2D eigenvalue weighted by molar-refractivity contribution is 6.05. The number of nitrogens with one attached hydrogen (secondary N) is 1. The number of oxime groups is 1. The number of hydrogen-bond acceptors (Lipinski definition) is 5. The molecule has 1 aliphatic rings. The number of carbonyl (C=O) groups is 2. The fraction of sp³-hybridized carbons (Fsp3) is 0.357. The highest BCUT2D eigenvalue weighted by Gasteiger charge is 2.28. The zero-order valence-electron chi connectivity index (χ0n) is 11.1. The van der Waals surface area contributed by atoms with Crippen LogP contribution in [-0.4, -0.2) is 30.2 Å². The maximum absolute atomic E-state index is 11.8. The highest BCUT2D eigenvalue weighted by Crippen LogP contribution is 2.19. The Morgan fingerprint density at radius 3 is 2.90 bits per heavy atom. The Bertz CT molecular complexity index is 554. The van der Waals surface area contributed by atoms with E-state index in [1.165, 1.54) is 0 Å². The molecule has 106 valence electrons. The third kappa shape index (κ3) is 3.34. The van der Waals surface area contributed by atoms with E-state index in [4.69, 9.17) is 4.84 Å². The minimum atomic E-state index is -1.20. The van der Waals surface area contributed by atoms with Crippen molar-refractivity contribution in [1.82, 2.24) is 5.32 Å². The standard InChI is InChI=1S/C14H16N2O4/c1-9-4-2-3-5-10(9)11-8-12(20-16-11)14(19)15-7-6-13(17)18/h2-5,12H,6-8H2,1H3,(H,15,19)(H,17,18)/p-1/t12-/m1/s1. The number of aryl methyl sites for hydroxylation is 1. The first-order valence-electron chi connectivity index (χ1n) is 6.34. The minimum Gasteiger partial charge on any atom is -0.550 e. The first-order chi connectivity index (χ1) is 9.58. The van der Waals surface area contributed by atoms with Gasteiger partial charge < -0.3 is 20.1 Å². The summed E-state index contributed by atoms with van der Waals surface area (Å²) in [6, 6.07) is 7.72. The topological polar surface area (TPSA) is 90.8 Å². The molecule has 0 unspecified atom stereocenters. The summed E-state index contributed by atoms with van der Waals surface area (Å²) < 4.78 is 0. The lowest BCUT2D eigenvalue weighted by atomic mass is 10.0. The van der Waals surface area contributed by atoms with Gasteiger partial charge in [-0.1, -0.05) is 29.4 Å². The Morgan fingerprint density at radius 2 is 2.20 bits per heavy atom. The summed E-state index contributed by atoms with van der Waals surface area (Å²) in [6.45, 7) is 1.99. The third-order valence-corrected chi connectivity index (χ3v) is 3.05. The van der Waals surface area contributed by atoms with Gasteiger partial charge in [0.1, 0.15) is 0 Å². The van der Waals surface area contributed by atoms with Crippen molar-refractivity contribution in [2.45, 2.75) is 25.9 Å². The summed E-state index contributed by atoms with van der Waals surface area (Å²) in [5.41, 5.74) is 2.74. The van der Waals surface area contributed by atoms with Gasteiger partial charge in [0.15, 0.2) is 0 Å². The molecule has 0 spiro atoms. The van der Waals surface area contributed by atoms with Crippen LogP contribution in [0.1, 0.15) is 24.0 Å². The van der Waals surface area contributed by atoms with E-state index in [2.05, 4.69) is 10.5 Å². The van der Waals surface area contributed by atoms with Crippen LogP contribution < -0.4 is 10.4 Å². The summed E-state index contributed by atoms with van der Waals surface area (Å²) in [4.78, 5) is 27.1. The quantitative estimate of drug-likeness (QED) is 0.801. The number of nitrogens with zero attached hydrogens (tertiary/aromatic N) is 1. The molecule has 1 aromatic carbocycles. The molecule has 0 fully saturated rings. The Balaban J connectivity index is 1.90. The summed E-state index contributed by atoms with van der Waals surface area (Å²) in [5, 5.41) is 16.7. The van der Waals surface area contributed by atoms with Crippen LogP contribution in [0.25, 0.3) is 0 Å². The number of hydrogen-bond donors (Lipinski definition) is 1. The van der Waals surface area contributed by atoms with E-state index in [1.807, 2.05) is 31.2 Å². The van der Waals surface area contributed by atoms with Crippen molar-refractivity contribution in [1.29, 1.82) is 0 Å². The average molecular weight is 275 g/mol. The second kappa shape index (κ2) is 6.18. The molecule has 6 nitrogen and oxygen atoms in total. The van der Waals surface area contributed by atoms with E-state index in [-0.39, 0.29) is 18.9 Å². The second-order valence-electron chi connectivity index (χ2n) is 4.56. The van der Waals surface area contributed by atoms with Gasteiger partial charge in [0.2, 0.25) is 6.10 Å². The van der Waals surface area contributed by atoms with Crippen molar-refractivity contribution in [3.8, 4) is 0 Å². The molecule has 20 heavy (non-hydrogen) atoms. The van der Waals surface area contributed by atoms with E-state index >= 15 is 0 Å². The van der Waals surface area contributed by atoms with Crippen LogP contribution in [0.3, 0.4) is 0 Å². The van der Waals surface area contributed by atoms with Gasteiger partial charge in [0, 0.05) is 30.9 Å². The molecule has 1 N–H and O–H groups in total. The van der Waals surface area contributed by atoms with Crippen LogP contribution in [0.2, 0.25) is 0 Å². The van der Waals surface area contributed by atoms with E-state index in [9.17, 15) is 14.7 Å². The van der Waals surface area contributed by atoms with Crippen molar-refractivity contribution >= 4 is 17.6 Å². The Labute approximate surface area is 116 Å². The summed E-state index contributed by atoms with van der Waals surface area (Å²) in [5.74, 6) is -1.56. The average Bonchev–Trinajstić information content (AvgIpc) is 2.88. The predicted octanol–water partition coefficient (Wildman–Crippen LogP) is -0.256. The molecule has 1 heterocycles. The summed E-state index contributed by atoms with van der Waals surface area (Å²) >= 11 is 0. The van der Waals surface area contributed by atoms with E-state index < -0.39 is 12.1 Å². The van der Waals surface area contributed by atoms with Crippen LogP contribution in [0.15, 0.2) is 29.4 Å². The molecule has 1 aromatic rings. The lowest BCUT2D eigenvalue weighted by molar-refractivity contribution is -0.305. The molecule has 0 saturated heterocycles. The van der Waals surface area contributed by atoms with Gasteiger partial charge in [-0.3, -0.25) is 4.79 Å². The lowest BCUT2D eigenvalue weighted by Crippen LogP contribution is -2.37. The van der Waals surface area contributed by atoms with E-state index in [0.717, 1.165) is 16.8 Å². The van der Waals surface area contributed by atoms with Gasteiger partial charge in [-0.2, -0.15) is 0 Å². The Kier molecular flexibility index (Phi) is 4.34. The van der Waals surface area contributed by atoms with Gasteiger partial charge in [-0.15, -0.1) is 0 Å². The number of carboxylic acid groups (broad SMARTS) is 1. The maximum Gasteiger partial charge on any atom is 0.264 e. The largest absolute Gasteiger partial charge is 0.550 e. The first kappa shape index (κ1) is 14.0. The van der Waals surface area contributed by atoms with Crippen LogP contribution in [0.5, 0.6) is 0 Å². The number of amides is 1. The fourth-order valence-corrected chi connectivity index (χ4v) is 1.98. The van der Waals surface area contributed by atoms with Crippen molar-refractivity contribution < 1.29 is 19.5 Å². The highest BCUT2D eigenvalue weighted by atomic mass is 16.6. The minimum absolute atomic E-state index is 0.0285. The lowest BCUT2D eigenvalue weighted by Gasteiger charge is -2.09. The van der Waals surface area contributed by atoms with Crippen LogP contribution in [-0.2, 0) is 14.4 Å². The normalized spacial score (nSPS) is 17.2. The molecule has 0 radical (unpaired) electrons. The van der Waals surface area contributed by atoms with Crippen molar-refractivity contribution in [2.24, 2.45) is 5.16 Å². The fourth-order valence-electron chi connectivity index (χ4n) is 1.98. The number of rotatable bonds is 5. The van der Waals surface area contributed by atoms with Crippen molar-refractivity contribution in [3.63, 3.8) is 0 Å². The van der Waals surface area contributed by atoms with Gasteiger partial charge in [-0.05, 0) is 12.5 Å². The van der Waals surface area contributed by atoms with Crippen LogP contribution in [0.4, 0.5) is 0 Å². The van der Waals surface area contributed by atoms with E-state index in [0.29, 0.717) is 6.42 Å². The number of benzene rings is 1. The number of carbonyl (C=O) groups excluding carboxylic acids is 2. The number of aliphatic carboxylic acids is 1. The van der Waals surface area contributed by atoms with Crippen molar-refractivity contribution in [2.75, 3.05) is 6.54 Å². The molecule has 0 aliphatic carbocycles. The first-order valence-corrected chi connectivity index (χ1v) is 6.34. The zero-order chi connectivity index (χ0) is 14.5. The summed E-state index contributed by atoms with van der Waals surface area (Å²) in [6.07, 6.45) is -0.544. The SMILES string of the molecule is Cc1ccccc1C1=NO[C@@H](C(=O)NCCC(=O)[O-])C1. The Hall–Kier alpha value is -2.37. The van der Waals surface area contributed by atoms with Gasteiger partial charge >= 0.3 is 0 Å². The molecule has 1 aliphatic heterocycles. The Morgan fingerprint density at radius 1 is 1.45 bits per heavy atom. The number of carboxylic acids is 1. The zero-order valence-corrected chi connectivity index (χ0v) is 11.1. The predicted molar refractivity (Wildman–Crippen MR) is 69.8 cm³/mol. The maximum atomic E-state index is 11.8.